The van der Waals surface area contributed by atoms with Crippen molar-refractivity contribution in [3.05, 3.63) is 65.5 Å². The summed E-state index contributed by atoms with van der Waals surface area (Å²) >= 11 is 0. The van der Waals surface area contributed by atoms with E-state index in [0.717, 1.165) is 30.2 Å². The fraction of sp³-hybridized carbons (Fsp3) is 0.188. The zero-order chi connectivity index (χ0) is 13.8. The molecule has 0 atom stereocenters. The second-order valence-corrected chi connectivity index (χ2v) is 4.56. The maximum absolute atomic E-state index is 13.5. The fourth-order valence-electron chi connectivity index (χ4n) is 2.08. The van der Waals surface area contributed by atoms with Gasteiger partial charge in [0.2, 0.25) is 0 Å². The summed E-state index contributed by atoms with van der Waals surface area (Å²) in [5.41, 5.74) is 1.60. The van der Waals surface area contributed by atoms with Gasteiger partial charge in [-0.15, -0.1) is 0 Å². The highest BCUT2D eigenvalue weighted by atomic mass is 19.1. The van der Waals surface area contributed by atoms with Crippen LogP contribution >= 0.6 is 0 Å². The number of rotatable bonds is 4. The molecule has 2 aromatic rings. The average molecular weight is 270 g/mol. The zero-order valence-corrected chi connectivity index (χ0v) is 11.0. The first kappa shape index (κ1) is 12.7. The van der Waals surface area contributed by atoms with E-state index in [9.17, 15) is 4.39 Å². The number of hydrogen-bond donors (Lipinski definition) is 1. The highest BCUT2D eigenvalue weighted by Crippen LogP contribution is 2.16. The third kappa shape index (κ3) is 2.79. The van der Waals surface area contributed by atoms with Crippen molar-refractivity contribution < 1.29 is 9.13 Å². The van der Waals surface area contributed by atoms with Crippen molar-refractivity contribution in [2.24, 2.45) is 4.99 Å². The molecular formula is C16H15FN2O. The number of ether oxygens (including phenoxy) is 1. The van der Waals surface area contributed by atoms with Crippen LogP contribution in [-0.2, 0) is 6.61 Å². The van der Waals surface area contributed by atoms with E-state index in [4.69, 9.17) is 4.74 Å². The van der Waals surface area contributed by atoms with Crippen LogP contribution in [0.2, 0.25) is 0 Å². The quantitative estimate of drug-likeness (QED) is 0.926. The van der Waals surface area contributed by atoms with E-state index in [1.165, 1.54) is 6.07 Å². The van der Waals surface area contributed by atoms with Gasteiger partial charge in [0.15, 0.2) is 0 Å². The molecule has 0 saturated heterocycles. The smallest absolute Gasteiger partial charge is 0.129 e. The maximum atomic E-state index is 13.5. The first-order chi connectivity index (χ1) is 9.83. The van der Waals surface area contributed by atoms with E-state index in [1.54, 1.807) is 18.2 Å². The number of nitrogens with zero attached hydrogens (tertiary/aromatic N) is 1. The van der Waals surface area contributed by atoms with Crippen LogP contribution in [0.15, 0.2) is 53.5 Å². The van der Waals surface area contributed by atoms with Crippen molar-refractivity contribution in [2.45, 2.75) is 6.61 Å². The molecule has 3 nitrogen and oxygen atoms in total. The van der Waals surface area contributed by atoms with Crippen LogP contribution in [-0.4, -0.2) is 18.9 Å². The molecule has 0 unspecified atom stereocenters. The number of benzene rings is 2. The monoisotopic (exact) mass is 270 g/mol. The van der Waals surface area contributed by atoms with E-state index >= 15 is 0 Å². The summed E-state index contributed by atoms with van der Waals surface area (Å²) in [4.78, 5) is 4.36. The lowest BCUT2D eigenvalue weighted by Gasteiger charge is -2.08. The van der Waals surface area contributed by atoms with Crippen molar-refractivity contribution in [3.63, 3.8) is 0 Å². The van der Waals surface area contributed by atoms with Gasteiger partial charge in [-0.2, -0.15) is 0 Å². The Balaban J connectivity index is 1.65. The molecule has 0 bridgehead atoms. The minimum atomic E-state index is -0.242. The molecular weight excluding hydrogens is 255 g/mol. The van der Waals surface area contributed by atoms with Crippen LogP contribution in [0.3, 0.4) is 0 Å². The van der Waals surface area contributed by atoms with Crippen LogP contribution in [0.1, 0.15) is 11.1 Å². The van der Waals surface area contributed by atoms with Crippen LogP contribution in [0.5, 0.6) is 5.75 Å². The van der Waals surface area contributed by atoms with E-state index < -0.39 is 0 Å². The average Bonchev–Trinajstić information content (AvgIpc) is 3.01. The SMILES string of the molecule is Fc1ccccc1COc1ccc(C2=NCCN2)cc1. The minimum Gasteiger partial charge on any atom is -0.489 e. The van der Waals surface area contributed by atoms with E-state index in [2.05, 4.69) is 10.3 Å². The van der Waals surface area contributed by atoms with Gasteiger partial charge in [-0.3, -0.25) is 4.99 Å². The predicted octanol–water partition coefficient (Wildman–Crippen LogP) is 2.75. The number of hydrogen-bond acceptors (Lipinski definition) is 3. The molecule has 0 radical (unpaired) electrons. The van der Waals surface area contributed by atoms with E-state index in [0.29, 0.717) is 5.56 Å². The summed E-state index contributed by atoms with van der Waals surface area (Å²) in [6.45, 7) is 1.94. The van der Waals surface area contributed by atoms with Crippen LogP contribution < -0.4 is 10.1 Å². The molecule has 0 aliphatic carbocycles. The normalized spacial score (nSPS) is 13.8. The van der Waals surface area contributed by atoms with Gasteiger partial charge in [0, 0.05) is 17.7 Å². The van der Waals surface area contributed by atoms with Gasteiger partial charge in [-0.1, -0.05) is 18.2 Å². The van der Waals surface area contributed by atoms with Crippen LogP contribution in [0.4, 0.5) is 4.39 Å². The molecule has 3 rings (SSSR count). The Hall–Kier alpha value is -2.36. The maximum Gasteiger partial charge on any atom is 0.129 e. The Morgan fingerprint density at radius 1 is 1.10 bits per heavy atom. The Bertz CT molecular complexity index is 623. The lowest BCUT2D eigenvalue weighted by Crippen LogP contribution is -2.19. The first-order valence-corrected chi connectivity index (χ1v) is 6.58. The van der Waals surface area contributed by atoms with E-state index in [-0.39, 0.29) is 12.4 Å². The molecule has 102 valence electrons. The summed E-state index contributed by atoms with van der Waals surface area (Å²) < 4.78 is 19.0. The molecule has 1 aliphatic heterocycles. The van der Waals surface area contributed by atoms with Crippen molar-refractivity contribution in [1.82, 2.24) is 5.32 Å². The Labute approximate surface area is 117 Å². The third-order valence-corrected chi connectivity index (χ3v) is 3.15. The highest BCUT2D eigenvalue weighted by Gasteiger charge is 2.08. The molecule has 1 N–H and O–H groups in total. The van der Waals surface area contributed by atoms with Crippen molar-refractivity contribution in [3.8, 4) is 5.75 Å². The highest BCUT2D eigenvalue weighted by molar-refractivity contribution is 5.99. The molecule has 0 aromatic heterocycles. The molecule has 0 fully saturated rings. The molecule has 20 heavy (non-hydrogen) atoms. The lowest BCUT2D eigenvalue weighted by atomic mass is 10.2. The molecule has 4 heteroatoms. The Kier molecular flexibility index (Phi) is 3.63. The summed E-state index contributed by atoms with van der Waals surface area (Å²) in [5.74, 6) is 1.40. The van der Waals surface area contributed by atoms with Gasteiger partial charge in [-0.05, 0) is 30.3 Å². The largest absolute Gasteiger partial charge is 0.489 e. The summed E-state index contributed by atoms with van der Waals surface area (Å²) in [7, 11) is 0. The van der Waals surface area contributed by atoms with Crippen molar-refractivity contribution in [2.75, 3.05) is 13.1 Å². The number of nitrogens with one attached hydrogen (secondary N) is 1. The van der Waals surface area contributed by atoms with Gasteiger partial charge < -0.3 is 10.1 Å². The van der Waals surface area contributed by atoms with Gasteiger partial charge in [-0.25, -0.2) is 4.39 Å². The van der Waals surface area contributed by atoms with E-state index in [1.807, 2.05) is 24.3 Å². The molecule has 0 amide bonds. The number of halogens is 1. The third-order valence-electron chi connectivity index (χ3n) is 3.15. The van der Waals surface area contributed by atoms with Gasteiger partial charge in [0.05, 0.1) is 6.54 Å². The Morgan fingerprint density at radius 3 is 2.60 bits per heavy atom. The van der Waals surface area contributed by atoms with Crippen LogP contribution in [0, 0.1) is 5.82 Å². The second-order valence-electron chi connectivity index (χ2n) is 4.56. The van der Waals surface area contributed by atoms with Gasteiger partial charge >= 0.3 is 0 Å². The van der Waals surface area contributed by atoms with Gasteiger partial charge in [0.1, 0.15) is 24.0 Å². The van der Waals surface area contributed by atoms with Gasteiger partial charge in [0.25, 0.3) is 0 Å². The molecule has 0 spiro atoms. The standard InChI is InChI=1S/C16H15FN2O/c17-15-4-2-1-3-13(15)11-20-14-7-5-12(6-8-14)16-18-9-10-19-16/h1-8H,9-11H2,(H,18,19). The minimum absolute atomic E-state index is 0.227. The lowest BCUT2D eigenvalue weighted by molar-refractivity contribution is 0.300. The number of aliphatic imine (C=N–C) groups is 1. The molecule has 0 saturated carbocycles. The molecule has 1 heterocycles. The molecule has 1 aliphatic rings. The topological polar surface area (TPSA) is 33.6 Å². The predicted molar refractivity (Wildman–Crippen MR) is 76.6 cm³/mol. The first-order valence-electron chi connectivity index (χ1n) is 6.58. The fourth-order valence-corrected chi connectivity index (χ4v) is 2.08. The number of amidine groups is 1. The Morgan fingerprint density at radius 2 is 1.90 bits per heavy atom. The zero-order valence-electron chi connectivity index (χ0n) is 11.0. The van der Waals surface area contributed by atoms with Crippen LogP contribution in [0.25, 0.3) is 0 Å². The summed E-state index contributed by atoms with van der Waals surface area (Å²) in [5, 5.41) is 3.22. The molecule has 2 aromatic carbocycles. The van der Waals surface area contributed by atoms with Crippen molar-refractivity contribution in [1.29, 1.82) is 0 Å². The second kappa shape index (κ2) is 5.74. The summed E-state index contributed by atoms with van der Waals surface area (Å²) in [6, 6.07) is 14.3. The summed E-state index contributed by atoms with van der Waals surface area (Å²) in [6.07, 6.45) is 0. The van der Waals surface area contributed by atoms with Crippen molar-refractivity contribution >= 4 is 5.84 Å².